The van der Waals surface area contributed by atoms with Crippen LogP contribution in [0.1, 0.15) is 104 Å². The van der Waals surface area contributed by atoms with Crippen LogP contribution in [0.15, 0.2) is 59.7 Å². The van der Waals surface area contributed by atoms with Crippen LogP contribution in [-0.4, -0.2) is 10.2 Å². The summed E-state index contributed by atoms with van der Waals surface area (Å²) in [5.41, 5.74) is 5.30. The molecule has 0 atom stereocenters. The van der Waals surface area contributed by atoms with Crippen LogP contribution in [0.25, 0.3) is 21.5 Å². The summed E-state index contributed by atoms with van der Waals surface area (Å²) in [6, 6.07) is 12.2. The Balaban J connectivity index is 1.70. The fraction of sp³-hybridized carbons (Fsp3) is 0.500. The number of phenols is 2. The number of hydrogen-bond donors (Lipinski definition) is 2. The molecule has 3 rings (SSSR count). The lowest BCUT2D eigenvalue weighted by Gasteiger charge is -2.12. The first kappa shape index (κ1) is 29.8. The summed E-state index contributed by atoms with van der Waals surface area (Å²) >= 11 is 0. The second-order valence-electron chi connectivity index (χ2n) is 12.2. The smallest absolute Gasteiger partial charge is 0.131 e. The molecule has 0 aliphatic rings. The molecule has 0 unspecified atom stereocenters. The zero-order chi connectivity index (χ0) is 27.7. The van der Waals surface area contributed by atoms with Gasteiger partial charge in [-0.05, 0) is 100 Å². The van der Waals surface area contributed by atoms with Crippen LogP contribution in [-0.2, 0) is 12.8 Å². The van der Waals surface area contributed by atoms with Crippen molar-refractivity contribution >= 4 is 21.5 Å². The van der Waals surface area contributed by atoms with Crippen LogP contribution in [0.4, 0.5) is 0 Å². The highest BCUT2D eigenvalue weighted by Crippen LogP contribution is 2.42. The summed E-state index contributed by atoms with van der Waals surface area (Å²) in [6.45, 7) is 13.6. The largest absolute Gasteiger partial charge is 0.507 e. The van der Waals surface area contributed by atoms with Crippen molar-refractivity contribution in [3.05, 3.63) is 70.8 Å². The molecule has 0 radical (unpaired) electrons. The molecule has 3 aromatic rings. The van der Waals surface area contributed by atoms with E-state index in [2.05, 4.69) is 65.8 Å². The van der Waals surface area contributed by atoms with Crippen molar-refractivity contribution in [2.75, 3.05) is 0 Å². The van der Waals surface area contributed by atoms with Crippen LogP contribution in [0, 0.1) is 11.8 Å². The Labute approximate surface area is 231 Å². The van der Waals surface area contributed by atoms with Crippen molar-refractivity contribution in [3.8, 4) is 11.5 Å². The van der Waals surface area contributed by atoms with Crippen molar-refractivity contribution in [1.82, 2.24) is 0 Å². The molecule has 0 saturated carbocycles. The van der Waals surface area contributed by atoms with Crippen LogP contribution in [0.2, 0.25) is 0 Å². The second kappa shape index (κ2) is 14.4. The molecule has 3 aromatic carbocycles. The Bertz CT molecular complexity index is 1160. The van der Waals surface area contributed by atoms with E-state index in [0.717, 1.165) is 59.1 Å². The lowest BCUT2D eigenvalue weighted by atomic mass is 9.95. The SMILES string of the molecule is C/C(=C\CCc1ccc2c(O)c3cc(CC/C=C(\C)CCCC(C)C)ccc3c(O)c2c1)CCCC(C)C. The minimum atomic E-state index is 0.266. The van der Waals surface area contributed by atoms with E-state index in [4.69, 9.17) is 0 Å². The van der Waals surface area contributed by atoms with Gasteiger partial charge in [-0.2, -0.15) is 0 Å². The Morgan fingerprint density at radius 1 is 0.632 bits per heavy atom. The van der Waals surface area contributed by atoms with Gasteiger partial charge in [-0.15, -0.1) is 0 Å². The van der Waals surface area contributed by atoms with Gasteiger partial charge in [0.15, 0.2) is 0 Å². The lowest BCUT2D eigenvalue weighted by molar-refractivity contribution is 0.478. The fourth-order valence-electron chi connectivity index (χ4n) is 5.34. The average Bonchev–Trinajstić information content (AvgIpc) is 2.86. The number of fused-ring (bicyclic) bond motifs is 2. The van der Waals surface area contributed by atoms with Gasteiger partial charge >= 0.3 is 0 Å². The fourth-order valence-corrected chi connectivity index (χ4v) is 5.34. The van der Waals surface area contributed by atoms with Gasteiger partial charge in [-0.3, -0.25) is 0 Å². The van der Waals surface area contributed by atoms with E-state index in [-0.39, 0.29) is 11.5 Å². The van der Waals surface area contributed by atoms with Crippen LogP contribution in [0.3, 0.4) is 0 Å². The maximum absolute atomic E-state index is 11.1. The van der Waals surface area contributed by atoms with E-state index < -0.39 is 0 Å². The molecule has 0 saturated heterocycles. The van der Waals surface area contributed by atoms with Crippen molar-refractivity contribution in [3.63, 3.8) is 0 Å². The number of aromatic hydroxyl groups is 2. The molecule has 0 amide bonds. The second-order valence-corrected chi connectivity index (χ2v) is 12.2. The Hall–Kier alpha value is -2.74. The minimum absolute atomic E-state index is 0.266. The Kier molecular flexibility index (Phi) is 11.3. The molecule has 206 valence electrons. The van der Waals surface area contributed by atoms with Crippen LogP contribution >= 0.6 is 0 Å². The lowest BCUT2D eigenvalue weighted by Crippen LogP contribution is -1.90. The number of hydrogen-bond acceptors (Lipinski definition) is 2. The van der Waals surface area contributed by atoms with Gasteiger partial charge in [0.05, 0.1) is 0 Å². The van der Waals surface area contributed by atoms with Gasteiger partial charge < -0.3 is 10.2 Å². The molecule has 0 bridgehead atoms. The van der Waals surface area contributed by atoms with Gasteiger partial charge in [-0.25, -0.2) is 0 Å². The molecule has 38 heavy (non-hydrogen) atoms. The molecule has 0 spiro atoms. The molecule has 0 aliphatic carbocycles. The van der Waals surface area contributed by atoms with E-state index in [1.807, 2.05) is 24.3 Å². The summed E-state index contributed by atoms with van der Waals surface area (Å²) in [5.74, 6) is 2.07. The van der Waals surface area contributed by atoms with Gasteiger partial charge in [-0.1, -0.05) is 88.1 Å². The highest BCUT2D eigenvalue weighted by Gasteiger charge is 2.14. The molecule has 0 aromatic heterocycles. The molecular weight excluding hydrogens is 464 g/mol. The maximum atomic E-state index is 11.1. The highest BCUT2D eigenvalue weighted by atomic mass is 16.3. The normalized spacial score (nSPS) is 12.9. The van der Waals surface area contributed by atoms with E-state index in [9.17, 15) is 10.2 Å². The average molecular weight is 515 g/mol. The topological polar surface area (TPSA) is 40.5 Å². The molecule has 0 aliphatic heterocycles. The Morgan fingerprint density at radius 2 is 1.03 bits per heavy atom. The molecule has 2 heteroatoms. The predicted molar refractivity (Wildman–Crippen MR) is 166 cm³/mol. The summed E-state index contributed by atoms with van der Waals surface area (Å²) in [6.07, 6.45) is 16.0. The number of aryl methyl sites for hydroxylation is 2. The molecular formula is C36H50O2. The third-order valence-electron chi connectivity index (χ3n) is 7.75. The Morgan fingerprint density at radius 3 is 1.39 bits per heavy atom. The zero-order valence-electron chi connectivity index (χ0n) is 24.7. The van der Waals surface area contributed by atoms with E-state index in [0.29, 0.717) is 0 Å². The minimum Gasteiger partial charge on any atom is -0.507 e. The molecule has 2 nitrogen and oxygen atoms in total. The number of allylic oxidation sites excluding steroid dienone is 4. The van der Waals surface area contributed by atoms with Crippen LogP contribution in [0.5, 0.6) is 11.5 Å². The molecule has 0 heterocycles. The van der Waals surface area contributed by atoms with Gasteiger partial charge in [0.25, 0.3) is 0 Å². The standard InChI is InChI=1S/C36H50O2/c1-25(2)11-7-13-27(5)15-9-17-29-19-21-31-33(23-29)35(37)32-22-20-30(24-34(32)36(31)38)18-10-16-28(6)14-8-12-26(3)4/h15-16,19-26,37-38H,7-14,17-18H2,1-6H3/b27-15+,28-16+. The summed E-state index contributed by atoms with van der Waals surface area (Å²) in [7, 11) is 0. The first-order valence-corrected chi connectivity index (χ1v) is 14.9. The number of phenolic OH excluding ortho intramolecular Hbond substituents is 2. The van der Waals surface area contributed by atoms with Gasteiger partial charge in [0.1, 0.15) is 11.5 Å². The summed E-state index contributed by atoms with van der Waals surface area (Å²) in [4.78, 5) is 0. The first-order valence-electron chi connectivity index (χ1n) is 14.9. The van der Waals surface area contributed by atoms with Gasteiger partial charge in [0.2, 0.25) is 0 Å². The molecule has 0 fully saturated rings. The molecule has 2 N–H and O–H groups in total. The van der Waals surface area contributed by atoms with Gasteiger partial charge in [0, 0.05) is 21.5 Å². The van der Waals surface area contributed by atoms with Crippen molar-refractivity contribution < 1.29 is 10.2 Å². The van der Waals surface area contributed by atoms with Crippen LogP contribution < -0.4 is 0 Å². The third kappa shape index (κ3) is 8.65. The summed E-state index contributed by atoms with van der Waals surface area (Å²) < 4.78 is 0. The number of benzene rings is 3. The van der Waals surface area contributed by atoms with E-state index >= 15 is 0 Å². The quantitative estimate of drug-likeness (QED) is 0.128. The van der Waals surface area contributed by atoms with Crippen molar-refractivity contribution in [2.24, 2.45) is 11.8 Å². The van der Waals surface area contributed by atoms with Crippen molar-refractivity contribution in [1.29, 1.82) is 0 Å². The first-order chi connectivity index (χ1) is 18.2. The predicted octanol–water partition coefficient (Wildman–Crippen LogP) is 10.8. The van der Waals surface area contributed by atoms with Crippen molar-refractivity contribution in [2.45, 2.75) is 106 Å². The third-order valence-corrected chi connectivity index (χ3v) is 7.75. The van der Waals surface area contributed by atoms with E-state index in [1.54, 1.807) is 0 Å². The highest BCUT2D eigenvalue weighted by molar-refractivity contribution is 6.10. The van der Waals surface area contributed by atoms with E-state index in [1.165, 1.54) is 60.8 Å². The maximum Gasteiger partial charge on any atom is 0.131 e. The zero-order valence-corrected chi connectivity index (χ0v) is 24.7. The number of rotatable bonds is 14. The monoisotopic (exact) mass is 514 g/mol. The summed E-state index contributed by atoms with van der Waals surface area (Å²) in [5, 5.41) is 25.2.